The van der Waals surface area contributed by atoms with Gasteiger partial charge >= 0.3 is 0 Å². The molecule has 6 nitrogen and oxygen atoms in total. The first-order valence-electron chi connectivity index (χ1n) is 11.6. The van der Waals surface area contributed by atoms with Crippen LogP contribution < -0.4 is 10.9 Å². The van der Waals surface area contributed by atoms with Crippen molar-refractivity contribution in [2.45, 2.75) is 52.2 Å². The number of halogens is 1. The van der Waals surface area contributed by atoms with Gasteiger partial charge in [-0.1, -0.05) is 48.0 Å². The number of carbonyl (C=O) groups is 1. The van der Waals surface area contributed by atoms with E-state index in [0.29, 0.717) is 17.0 Å². The topological polar surface area (TPSA) is 68.9 Å². The molecule has 0 fully saturated rings. The van der Waals surface area contributed by atoms with Gasteiger partial charge in [0.1, 0.15) is 6.54 Å². The van der Waals surface area contributed by atoms with E-state index >= 15 is 0 Å². The zero-order chi connectivity index (χ0) is 23.8. The van der Waals surface area contributed by atoms with Crippen LogP contribution in [0.2, 0.25) is 5.02 Å². The largest absolute Gasteiger partial charge is 0.348 e. The summed E-state index contributed by atoms with van der Waals surface area (Å²) >= 11 is 6.15. The smallest absolute Gasteiger partial charge is 0.276 e. The van der Waals surface area contributed by atoms with Gasteiger partial charge in [0.05, 0.1) is 17.6 Å². The molecular formula is C27H27ClN4O2. The number of nitrogens with zero attached hydrogens (tertiary/aromatic N) is 3. The molecule has 4 aromatic rings. The maximum absolute atomic E-state index is 13.3. The van der Waals surface area contributed by atoms with Crippen molar-refractivity contribution < 1.29 is 4.79 Å². The molecule has 174 valence electrons. The zero-order valence-corrected chi connectivity index (χ0v) is 20.1. The van der Waals surface area contributed by atoms with E-state index in [1.54, 1.807) is 6.20 Å². The van der Waals surface area contributed by atoms with Crippen LogP contribution in [0, 0.1) is 13.8 Å². The molecule has 0 bridgehead atoms. The number of hydrogen-bond acceptors (Lipinski definition) is 3. The van der Waals surface area contributed by atoms with E-state index in [1.165, 1.54) is 15.8 Å². The van der Waals surface area contributed by atoms with E-state index < -0.39 is 0 Å². The molecule has 1 N–H and O–H groups in total. The highest BCUT2D eigenvalue weighted by Crippen LogP contribution is 2.29. The lowest BCUT2D eigenvalue weighted by molar-refractivity contribution is -0.122. The van der Waals surface area contributed by atoms with Crippen LogP contribution in [0.4, 0.5) is 0 Å². The second kappa shape index (κ2) is 9.11. The van der Waals surface area contributed by atoms with Crippen molar-refractivity contribution in [1.29, 1.82) is 0 Å². The van der Waals surface area contributed by atoms with Crippen molar-refractivity contribution in [3.8, 4) is 0 Å². The molecule has 1 atom stereocenters. The van der Waals surface area contributed by atoms with Crippen molar-refractivity contribution in [3.63, 3.8) is 0 Å². The number of carbonyl (C=O) groups excluding carboxylic acids is 1. The van der Waals surface area contributed by atoms with Crippen molar-refractivity contribution in [3.05, 3.63) is 98.2 Å². The lowest BCUT2D eigenvalue weighted by Gasteiger charge is -2.26. The van der Waals surface area contributed by atoms with E-state index in [1.807, 2.05) is 50.2 Å². The summed E-state index contributed by atoms with van der Waals surface area (Å²) in [7, 11) is 0. The SMILES string of the molecule is Cc1c2cnn(CC(=O)N[C@H]3CCCc4ccccc43)c(=O)c2c(C)n1Cc1cccc(Cl)c1. The Morgan fingerprint density at radius 3 is 2.79 bits per heavy atom. The van der Waals surface area contributed by atoms with Crippen LogP contribution in [0.1, 0.15) is 47.0 Å². The molecule has 0 saturated heterocycles. The van der Waals surface area contributed by atoms with Crippen molar-refractivity contribution in [2.75, 3.05) is 0 Å². The van der Waals surface area contributed by atoms with Crippen LogP contribution in [-0.4, -0.2) is 20.3 Å². The van der Waals surface area contributed by atoms with Crippen LogP contribution >= 0.6 is 11.6 Å². The van der Waals surface area contributed by atoms with E-state index in [9.17, 15) is 9.59 Å². The Kier molecular flexibility index (Phi) is 6.00. The lowest BCUT2D eigenvalue weighted by Crippen LogP contribution is -2.36. The average molecular weight is 475 g/mol. The molecule has 2 aromatic carbocycles. The Morgan fingerprint density at radius 1 is 1.15 bits per heavy atom. The minimum absolute atomic E-state index is 0.0281. The first-order valence-corrected chi connectivity index (χ1v) is 12.0. The quantitative estimate of drug-likeness (QED) is 0.455. The molecule has 2 aromatic heterocycles. The van der Waals surface area contributed by atoms with Gasteiger partial charge in [0.15, 0.2) is 0 Å². The van der Waals surface area contributed by atoms with Crippen molar-refractivity contribution in [1.82, 2.24) is 19.7 Å². The van der Waals surface area contributed by atoms with Crippen molar-refractivity contribution >= 4 is 28.3 Å². The number of nitrogens with one attached hydrogen (secondary N) is 1. The standard InChI is InChI=1S/C27H27ClN4O2/c1-17-23-14-29-32(16-25(33)30-24-12-6-9-20-8-3-4-11-22(20)24)27(34)26(23)18(2)31(17)15-19-7-5-10-21(28)13-19/h3-5,7-8,10-11,13-14,24H,6,9,12,15-16H2,1-2H3,(H,30,33)/t24-/m0/s1. The highest BCUT2D eigenvalue weighted by molar-refractivity contribution is 6.30. The molecular weight excluding hydrogens is 448 g/mol. The molecule has 0 unspecified atom stereocenters. The first kappa shape index (κ1) is 22.4. The van der Waals surface area contributed by atoms with Gasteiger partial charge in [0.2, 0.25) is 5.91 Å². The molecule has 7 heteroatoms. The average Bonchev–Trinajstić information content (AvgIpc) is 3.06. The summed E-state index contributed by atoms with van der Waals surface area (Å²) in [5.74, 6) is -0.205. The van der Waals surface area contributed by atoms with E-state index in [2.05, 4.69) is 27.1 Å². The fourth-order valence-corrected chi connectivity index (χ4v) is 5.31. The predicted molar refractivity (Wildman–Crippen MR) is 134 cm³/mol. The Bertz CT molecular complexity index is 1450. The number of hydrogen-bond donors (Lipinski definition) is 1. The number of fused-ring (bicyclic) bond motifs is 2. The second-order valence-corrected chi connectivity index (χ2v) is 9.43. The van der Waals surface area contributed by atoms with Crippen LogP contribution in [0.25, 0.3) is 10.8 Å². The summed E-state index contributed by atoms with van der Waals surface area (Å²) in [5, 5.41) is 9.53. The Morgan fingerprint density at radius 2 is 1.97 bits per heavy atom. The van der Waals surface area contributed by atoms with E-state index in [-0.39, 0.29) is 24.1 Å². The van der Waals surface area contributed by atoms with Gasteiger partial charge in [-0.25, -0.2) is 4.68 Å². The number of amides is 1. The maximum atomic E-state index is 13.3. The molecule has 0 spiro atoms. The third-order valence-electron chi connectivity index (χ3n) is 6.83. The van der Waals surface area contributed by atoms with Gasteiger partial charge < -0.3 is 9.88 Å². The van der Waals surface area contributed by atoms with Gasteiger partial charge in [-0.2, -0.15) is 5.10 Å². The molecule has 0 aliphatic heterocycles. The number of rotatable bonds is 5. The van der Waals surface area contributed by atoms with E-state index in [0.717, 1.165) is 41.6 Å². The van der Waals surface area contributed by atoms with Gasteiger partial charge in [0.25, 0.3) is 5.56 Å². The van der Waals surface area contributed by atoms with Gasteiger partial charge in [0, 0.05) is 28.3 Å². The zero-order valence-electron chi connectivity index (χ0n) is 19.3. The van der Waals surface area contributed by atoms with E-state index in [4.69, 9.17) is 11.6 Å². The molecule has 1 aliphatic rings. The van der Waals surface area contributed by atoms with Gasteiger partial charge in [-0.05, 0) is 61.9 Å². The second-order valence-electron chi connectivity index (χ2n) is 8.99. The molecule has 0 radical (unpaired) electrons. The number of benzene rings is 2. The summed E-state index contributed by atoms with van der Waals surface area (Å²) in [5.41, 5.74) is 5.08. The molecule has 2 heterocycles. The van der Waals surface area contributed by atoms with Gasteiger partial charge in [-0.3, -0.25) is 9.59 Å². The number of aromatic nitrogens is 3. The molecule has 5 rings (SSSR count). The fourth-order valence-electron chi connectivity index (χ4n) is 5.09. The highest BCUT2D eigenvalue weighted by Gasteiger charge is 2.22. The Hall–Kier alpha value is -3.38. The maximum Gasteiger partial charge on any atom is 0.276 e. The first-order chi connectivity index (χ1) is 16.4. The van der Waals surface area contributed by atoms with Crippen LogP contribution in [-0.2, 0) is 24.3 Å². The van der Waals surface area contributed by atoms with Gasteiger partial charge in [-0.15, -0.1) is 0 Å². The normalized spacial score (nSPS) is 15.3. The fraction of sp³-hybridized carbons (Fsp3) is 0.296. The van der Waals surface area contributed by atoms with Crippen molar-refractivity contribution in [2.24, 2.45) is 0 Å². The molecule has 1 aliphatic carbocycles. The summed E-state index contributed by atoms with van der Waals surface area (Å²) in [4.78, 5) is 26.2. The lowest BCUT2D eigenvalue weighted by atomic mass is 9.88. The molecule has 1 amide bonds. The Labute approximate surface area is 203 Å². The third kappa shape index (κ3) is 4.14. The minimum Gasteiger partial charge on any atom is -0.348 e. The van der Waals surface area contributed by atoms with Crippen LogP contribution in [0.3, 0.4) is 0 Å². The summed E-state index contributed by atoms with van der Waals surface area (Å²) < 4.78 is 3.37. The summed E-state index contributed by atoms with van der Waals surface area (Å²) in [6.07, 6.45) is 4.65. The number of aryl methyl sites for hydroxylation is 3. The predicted octanol–water partition coefficient (Wildman–Crippen LogP) is 4.71. The Balaban J connectivity index is 1.41. The summed E-state index contributed by atoms with van der Waals surface area (Å²) in [6.45, 7) is 4.42. The highest BCUT2D eigenvalue weighted by atomic mass is 35.5. The third-order valence-corrected chi connectivity index (χ3v) is 7.07. The van der Waals surface area contributed by atoms with Crippen LogP contribution in [0.15, 0.2) is 59.5 Å². The molecule has 0 saturated carbocycles. The molecule has 34 heavy (non-hydrogen) atoms. The minimum atomic E-state index is -0.248. The van der Waals surface area contributed by atoms with Crippen LogP contribution in [0.5, 0.6) is 0 Å². The summed E-state index contributed by atoms with van der Waals surface area (Å²) in [6, 6.07) is 15.9. The monoisotopic (exact) mass is 474 g/mol.